The molecule has 0 aliphatic heterocycles. The first-order valence-electron chi connectivity index (χ1n) is 4.29. The molecule has 1 rings (SSSR count). The molecule has 3 nitrogen and oxygen atoms in total. The fraction of sp³-hybridized carbons (Fsp3) is 0.300. The second-order valence-electron chi connectivity index (χ2n) is 2.89. The maximum atomic E-state index is 11.1. The van der Waals surface area contributed by atoms with E-state index in [4.69, 9.17) is 5.73 Å². The van der Waals surface area contributed by atoms with E-state index in [0.717, 1.165) is 12.2 Å². The molecule has 0 amide bonds. The fourth-order valence-corrected chi connectivity index (χ4v) is 1.18. The highest BCUT2D eigenvalue weighted by atomic mass is 16.1. The summed E-state index contributed by atoms with van der Waals surface area (Å²) in [5.74, 6) is -0.00254. The predicted octanol–water partition coefficient (Wildman–Crippen LogP) is 1.90. The molecule has 0 atom stereocenters. The van der Waals surface area contributed by atoms with Crippen molar-refractivity contribution in [1.82, 2.24) is 0 Å². The molecule has 0 spiro atoms. The van der Waals surface area contributed by atoms with E-state index >= 15 is 0 Å². The first-order chi connectivity index (χ1) is 6.15. The van der Waals surface area contributed by atoms with Gasteiger partial charge in [0.05, 0.1) is 0 Å². The van der Waals surface area contributed by atoms with E-state index < -0.39 is 0 Å². The number of carbonyl (C=O) groups is 1. The average molecular weight is 178 g/mol. The zero-order chi connectivity index (χ0) is 9.84. The lowest BCUT2D eigenvalue weighted by Crippen LogP contribution is -2.02. The maximum absolute atomic E-state index is 11.1. The van der Waals surface area contributed by atoms with E-state index in [1.54, 1.807) is 12.1 Å². The number of Topliss-reactive ketones (excluding diaryl/α,β-unsaturated/α-hetero) is 1. The van der Waals surface area contributed by atoms with Crippen molar-refractivity contribution in [2.45, 2.75) is 13.8 Å². The monoisotopic (exact) mass is 178 g/mol. The standard InChI is InChI=1S/C10H14N2O/c1-3-12-8-4-5-10(11)9(6-8)7(2)13/h4-6,12H,3,11H2,1-2H3. The minimum atomic E-state index is -0.00254. The Morgan fingerprint density at radius 2 is 2.23 bits per heavy atom. The Kier molecular flexibility index (Phi) is 2.90. The van der Waals surface area contributed by atoms with Crippen LogP contribution in [-0.4, -0.2) is 12.3 Å². The van der Waals surface area contributed by atoms with Gasteiger partial charge in [-0.15, -0.1) is 0 Å². The Balaban J connectivity index is 3.04. The van der Waals surface area contributed by atoms with Crippen molar-refractivity contribution in [3.05, 3.63) is 23.8 Å². The number of ketones is 1. The molecule has 0 aliphatic carbocycles. The molecule has 0 radical (unpaired) electrons. The lowest BCUT2D eigenvalue weighted by Gasteiger charge is -2.06. The molecule has 0 saturated heterocycles. The van der Waals surface area contributed by atoms with Gasteiger partial charge in [-0.25, -0.2) is 0 Å². The first kappa shape index (κ1) is 9.58. The number of anilines is 2. The Morgan fingerprint density at radius 1 is 1.54 bits per heavy atom. The zero-order valence-electron chi connectivity index (χ0n) is 7.92. The predicted molar refractivity (Wildman–Crippen MR) is 55.0 cm³/mol. The molecule has 13 heavy (non-hydrogen) atoms. The highest BCUT2D eigenvalue weighted by Gasteiger charge is 2.04. The van der Waals surface area contributed by atoms with Crippen molar-refractivity contribution in [3.63, 3.8) is 0 Å². The Morgan fingerprint density at radius 3 is 2.77 bits per heavy atom. The fourth-order valence-electron chi connectivity index (χ4n) is 1.18. The molecule has 3 heteroatoms. The number of hydrogen-bond acceptors (Lipinski definition) is 3. The van der Waals surface area contributed by atoms with Crippen molar-refractivity contribution >= 4 is 17.2 Å². The summed E-state index contributed by atoms with van der Waals surface area (Å²) in [6.45, 7) is 4.35. The summed E-state index contributed by atoms with van der Waals surface area (Å²) in [5.41, 5.74) is 7.69. The van der Waals surface area contributed by atoms with Gasteiger partial charge in [0.25, 0.3) is 0 Å². The molecule has 0 aromatic heterocycles. The van der Waals surface area contributed by atoms with E-state index in [0.29, 0.717) is 11.3 Å². The van der Waals surface area contributed by atoms with E-state index in [1.807, 2.05) is 13.0 Å². The van der Waals surface area contributed by atoms with Crippen LogP contribution in [0.15, 0.2) is 18.2 Å². The molecule has 0 saturated carbocycles. The van der Waals surface area contributed by atoms with Crippen LogP contribution < -0.4 is 11.1 Å². The van der Waals surface area contributed by atoms with Gasteiger partial charge in [-0.2, -0.15) is 0 Å². The number of carbonyl (C=O) groups excluding carboxylic acids is 1. The molecular formula is C10H14N2O. The Hall–Kier alpha value is -1.51. The molecule has 1 aromatic carbocycles. The number of nitrogen functional groups attached to an aromatic ring is 1. The van der Waals surface area contributed by atoms with Crippen LogP contribution >= 0.6 is 0 Å². The van der Waals surface area contributed by atoms with E-state index in [2.05, 4.69) is 5.32 Å². The van der Waals surface area contributed by atoms with Crippen molar-refractivity contribution < 1.29 is 4.79 Å². The van der Waals surface area contributed by atoms with Crippen LogP contribution in [0.5, 0.6) is 0 Å². The first-order valence-corrected chi connectivity index (χ1v) is 4.29. The minimum absolute atomic E-state index is 0.00254. The van der Waals surface area contributed by atoms with Gasteiger partial charge in [-0.1, -0.05) is 0 Å². The molecule has 0 bridgehead atoms. The summed E-state index contributed by atoms with van der Waals surface area (Å²) in [6, 6.07) is 5.39. The minimum Gasteiger partial charge on any atom is -0.398 e. The van der Waals surface area contributed by atoms with Crippen LogP contribution in [0.2, 0.25) is 0 Å². The molecule has 1 aromatic rings. The van der Waals surface area contributed by atoms with Gasteiger partial charge in [0.15, 0.2) is 5.78 Å². The van der Waals surface area contributed by atoms with Gasteiger partial charge in [-0.05, 0) is 32.0 Å². The molecule has 3 N–H and O–H groups in total. The highest BCUT2D eigenvalue weighted by Crippen LogP contribution is 2.17. The number of nitrogens with one attached hydrogen (secondary N) is 1. The van der Waals surface area contributed by atoms with Crippen LogP contribution in [0.1, 0.15) is 24.2 Å². The van der Waals surface area contributed by atoms with Crippen LogP contribution in [0.25, 0.3) is 0 Å². The molecule has 70 valence electrons. The quantitative estimate of drug-likeness (QED) is 0.549. The Labute approximate surface area is 77.9 Å². The van der Waals surface area contributed by atoms with Crippen molar-refractivity contribution in [3.8, 4) is 0 Å². The van der Waals surface area contributed by atoms with Crippen molar-refractivity contribution in [2.75, 3.05) is 17.6 Å². The van der Waals surface area contributed by atoms with E-state index in [9.17, 15) is 4.79 Å². The number of benzene rings is 1. The average Bonchev–Trinajstić information content (AvgIpc) is 2.08. The van der Waals surface area contributed by atoms with Crippen LogP contribution in [0.4, 0.5) is 11.4 Å². The second-order valence-corrected chi connectivity index (χ2v) is 2.89. The van der Waals surface area contributed by atoms with Gasteiger partial charge < -0.3 is 11.1 Å². The normalized spacial score (nSPS) is 9.69. The number of nitrogens with two attached hydrogens (primary N) is 1. The van der Waals surface area contributed by atoms with Crippen LogP contribution in [0.3, 0.4) is 0 Å². The third-order valence-electron chi connectivity index (χ3n) is 1.81. The summed E-state index contributed by atoms with van der Waals surface area (Å²) >= 11 is 0. The molecule has 0 unspecified atom stereocenters. The van der Waals surface area contributed by atoms with Gasteiger partial charge in [0, 0.05) is 23.5 Å². The van der Waals surface area contributed by atoms with Gasteiger partial charge in [0.1, 0.15) is 0 Å². The summed E-state index contributed by atoms with van der Waals surface area (Å²) in [6.07, 6.45) is 0. The van der Waals surface area contributed by atoms with Crippen molar-refractivity contribution in [2.24, 2.45) is 0 Å². The largest absolute Gasteiger partial charge is 0.398 e. The molecule has 0 aliphatic rings. The summed E-state index contributed by atoms with van der Waals surface area (Å²) in [7, 11) is 0. The molecule has 0 heterocycles. The summed E-state index contributed by atoms with van der Waals surface area (Å²) in [5, 5.41) is 3.12. The van der Waals surface area contributed by atoms with Crippen molar-refractivity contribution in [1.29, 1.82) is 0 Å². The van der Waals surface area contributed by atoms with Gasteiger partial charge >= 0.3 is 0 Å². The molecule has 0 fully saturated rings. The molecular weight excluding hydrogens is 164 g/mol. The SMILES string of the molecule is CCNc1ccc(N)c(C(C)=O)c1. The highest BCUT2D eigenvalue weighted by molar-refractivity contribution is 5.99. The lowest BCUT2D eigenvalue weighted by molar-refractivity contribution is 0.101. The van der Waals surface area contributed by atoms with Crippen LogP contribution in [0, 0.1) is 0 Å². The topological polar surface area (TPSA) is 55.1 Å². The summed E-state index contributed by atoms with van der Waals surface area (Å²) < 4.78 is 0. The third kappa shape index (κ3) is 2.21. The van der Waals surface area contributed by atoms with Gasteiger partial charge in [0.2, 0.25) is 0 Å². The third-order valence-corrected chi connectivity index (χ3v) is 1.81. The summed E-state index contributed by atoms with van der Waals surface area (Å²) in [4.78, 5) is 11.1. The number of hydrogen-bond donors (Lipinski definition) is 2. The van der Waals surface area contributed by atoms with Crippen LogP contribution in [-0.2, 0) is 0 Å². The van der Waals surface area contributed by atoms with E-state index in [-0.39, 0.29) is 5.78 Å². The number of rotatable bonds is 3. The second kappa shape index (κ2) is 3.94. The Bertz CT molecular complexity index is 321. The van der Waals surface area contributed by atoms with E-state index in [1.165, 1.54) is 6.92 Å². The lowest BCUT2D eigenvalue weighted by atomic mass is 10.1. The van der Waals surface area contributed by atoms with Gasteiger partial charge in [-0.3, -0.25) is 4.79 Å². The zero-order valence-corrected chi connectivity index (χ0v) is 7.92. The maximum Gasteiger partial charge on any atom is 0.161 e. The smallest absolute Gasteiger partial charge is 0.161 e.